The van der Waals surface area contributed by atoms with Gasteiger partial charge in [0.05, 0.1) is 16.7 Å². The van der Waals surface area contributed by atoms with Crippen molar-refractivity contribution in [3.05, 3.63) is 34.4 Å². The first-order chi connectivity index (χ1) is 6.78. The van der Waals surface area contributed by atoms with E-state index in [0.29, 0.717) is 12.0 Å². The summed E-state index contributed by atoms with van der Waals surface area (Å²) in [6.45, 7) is 1.91. The molecule has 0 spiro atoms. The molecule has 1 aromatic carbocycles. The zero-order chi connectivity index (χ0) is 10.6. The number of nitrogens with zero attached hydrogens (tertiary/aromatic N) is 3. The van der Waals surface area contributed by atoms with Crippen LogP contribution < -0.4 is 0 Å². The van der Waals surface area contributed by atoms with E-state index < -0.39 is 0 Å². The second-order valence-electron chi connectivity index (χ2n) is 2.71. The number of aryl methyl sites for hydroxylation is 1. The molecule has 3 heteroatoms. The molecule has 0 fully saturated rings. The number of hydrogen-bond donors (Lipinski definition) is 0. The largest absolute Gasteiger partial charge is 0.192 e. The van der Waals surface area contributed by atoms with Gasteiger partial charge in [-0.05, 0) is 18.1 Å². The summed E-state index contributed by atoms with van der Waals surface area (Å²) in [4.78, 5) is 0. The van der Waals surface area contributed by atoms with E-state index >= 15 is 0 Å². The van der Waals surface area contributed by atoms with Gasteiger partial charge in [-0.3, -0.25) is 0 Å². The van der Waals surface area contributed by atoms with E-state index in [4.69, 9.17) is 15.8 Å². The summed E-state index contributed by atoms with van der Waals surface area (Å²) < 4.78 is 0. The molecule has 0 heterocycles. The Kier molecular flexibility index (Phi) is 2.85. The lowest BCUT2D eigenvalue weighted by atomic mass is 9.97. The van der Waals surface area contributed by atoms with Crippen molar-refractivity contribution in [2.45, 2.75) is 13.3 Å². The van der Waals surface area contributed by atoms with Gasteiger partial charge in [0.1, 0.15) is 18.2 Å². The summed E-state index contributed by atoms with van der Waals surface area (Å²) in [5.41, 5.74) is 1.59. The minimum Gasteiger partial charge on any atom is -0.192 e. The maximum absolute atomic E-state index is 8.87. The molecular weight excluding hydrogens is 174 g/mol. The molecule has 1 aromatic rings. The third-order valence-electron chi connectivity index (χ3n) is 2.02. The molecule has 0 aromatic heterocycles. The predicted molar refractivity (Wildman–Crippen MR) is 50.0 cm³/mol. The van der Waals surface area contributed by atoms with Gasteiger partial charge < -0.3 is 0 Å². The maximum Gasteiger partial charge on any atom is 0.102 e. The minimum atomic E-state index is 0.189. The molecule has 14 heavy (non-hydrogen) atoms. The van der Waals surface area contributed by atoms with Crippen LogP contribution in [0.3, 0.4) is 0 Å². The highest BCUT2D eigenvalue weighted by atomic mass is 14.3. The summed E-state index contributed by atoms with van der Waals surface area (Å²) in [5, 5.41) is 26.4. The first kappa shape index (κ1) is 9.78. The van der Waals surface area contributed by atoms with E-state index in [1.54, 1.807) is 12.1 Å². The van der Waals surface area contributed by atoms with Gasteiger partial charge in [0.25, 0.3) is 0 Å². The second-order valence-corrected chi connectivity index (χ2v) is 2.71. The Morgan fingerprint density at radius 3 is 2.07 bits per heavy atom. The summed E-state index contributed by atoms with van der Waals surface area (Å²) in [7, 11) is 0. The molecular formula is C11H7N3. The Morgan fingerprint density at radius 2 is 1.64 bits per heavy atom. The van der Waals surface area contributed by atoms with Crippen LogP contribution in [0.4, 0.5) is 0 Å². The molecule has 66 valence electrons. The van der Waals surface area contributed by atoms with Crippen molar-refractivity contribution < 1.29 is 0 Å². The lowest BCUT2D eigenvalue weighted by Crippen LogP contribution is -1.95. The molecule has 0 saturated carbocycles. The Balaban J connectivity index is 3.59. The number of rotatable bonds is 1. The molecule has 0 unspecified atom stereocenters. The lowest BCUT2D eigenvalue weighted by Gasteiger charge is -2.02. The standard InChI is InChI=1S/C11H7N3/c1-2-8-3-4-9(5-12)11(7-14)10(8)6-13/h3-4H,2H2,1H3. The van der Waals surface area contributed by atoms with Gasteiger partial charge in [-0.2, -0.15) is 15.8 Å². The molecule has 0 N–H and O–H groups in total. The molecule has 0 bridgehead atoms. The van der Waals surface area contributed by atoms with Crippen LogP contribution in [-0.2, 0) is 6.42 Å². The van der Waals surface area contributed by atoms with Crippen LogP contribution in [0.5, 0.6) is 0 Å². The van der Waals surface area contributed by atoms with Crippen LogP contribution in [0.15, 0.2) is 12.1 Å². The number of nitriles is 3. The van der Waals surface area contributed by atoms with E-state index in [1.165, 1.54) is 0 Å². The first-order valence-corrected chi connectivity index (χ1v) is 4.14. The average molecular weight is 181 g/mol. The summed E-state index contributed by atoms with van der Waals surface area (Å²) in [6.07, 6.45) is 0.684. The molecule has 0 aliphatic rings. The third-order valence-corrected chi connectivity index (χ3v) is 2.02. The van der Waals surface area contributed by atoms with Crippen LogP contribution in [-0.4, -0.2) is 0 Å². The van der Waals surface area contributed by atoms with Crippen molar-refractivity contribution >= 4 is 0 Å². The van der Waals surface area contributed by atoms with E-state index in [9.17, 15) is 0 Å². The van der Waals surface area contributed by atoms with E-state index in [0.717, 1.165) is 5.56 Å². The molecule has 0 radical (unpaired) electrons. The molecule has 0 amide bonds. The normalized spacial score (nSPS) is 8.43. The highest BCUT2D eigenvalue weighted by Gasteiger charge is 2.11. The number of benzene rings is 1. The SMILES string of the molecule is CCc1ccc(C#N)c(C#N)c1C#N. The quantitative estimate of drug-likeness (QED) is 0.663. The Labute approximate surface area is 82.4 Å². The van der Waals surface area contributed by atoms with E-state index in [1.807, 2.05) is 25.1 Å². The van der Waals surface area contributed by atoms with Crippen LogP contribution in [0, 0.1) is 34.0 Å². The van der Waals surface area contributed by atoms with Crippen molar-refractivity contribution in [1.29, 1.82) is 15.8 Å². The minimum absolute atomic E-state index is 0.189. The van der Waals surface area contributed by atoms with Crippen LogP contribution in [0.2, 0.25) is 0 Å². The van der Waals surface area contributed by atoms with Gasteiger partial charge >= 0.3 is 0 Å². The summed E-state index contributed by atoms with van der Waals surface area (Å²) >= 11 is 0. The topological polar surface area (TPSA) is 71.4 Å². The highest BCUT2D eigenvalue weighted by molar-refractivity contribution is 5.58. The molecule has 0 aliphatic heterocycles. The third kappa shape index (κ3) is 1.42. The van der Waals surface area contributed by atoms with Crippen LogP contribution >= 0.6 is 0 Å². The van der Waals surface area contributed by atoms with Crippen molar-refractivity contribution in [3.8, 4) is 18.2 Å². The zero-order valence-electron chi connectivity index (χ0n) is 7.70. The van der Waals surface area contributed by atoms with Crippen LogP contribution in [0.1, 0.15) is 29.2 Å². The fraction of sp³-hybridized carbons (Fsp3) is 0.182. The van der Waals surface area contributed by atoms with Crippen molar-refractivity contribution in [2.24, 2.45) is 0 Å². The molecule has 1 rings (SSSR count). The van der Waals surface area contributed by atoms with Crippen molar-refractivity contribution in [2.75, 3.05) is 0 Å². The molecule has 0 atom stereocenters. The molecule has 3 nitrogen and oxygen atoms in total. The van der Waals surface area contributed by atoms with E-state index in [2.05, 4.69) is 0 Å². The lowest BCUT2D eigenvalue weighted by molar-refractivity contribution is 1.12. The predicted octanol–water partition coefficient (Wildman–Crippen LogP) is 1.86. The number of hydrogen-bond acceptors (Lipinski definition) is 3. The molecule has 0 saturated heterocycles. The summed E-state index contributed by atoms with van der Waals surface area (Å²) in [5.74, 6) is 0. The second kappa shape index (κ2) is 4.08. The average Bonchev–Trinajstić information content (AvgIpc) is 2.26. The Hall–Kier alpha value is -2.31. The first-order valence-electron chi connectivity index (χ1n) is 4.14. The Morgan fingerprint density at radius 1 is 1.00 bits per heavy atom. The highest BCUT2D eigenvalue weighted by Crippen LogP contribution is 2.17. The Bertz CT molecular complexity index is 481. The smallest absolute Gasteiger partial charge is 0.102 e. The monoisotopic (exact) mass is 181 g/mol. The van der Waals surface area contributed by atoms with Gasteiger partial charge in [0.15, 0.2) is 0 Å². The van der Waals surface area contributed by atoms with Gasteiger partial charge in [0.2, 0.25) is 0 Å². The van der Waals surface area contributed by atoms with E-state index in [-0.39, 0.29) is 11.1 Å². The van der Waals surface area contributed by atoms with Gasteiger partial charge in [0, 0.05) is 0 Å². The van der Waals surface area contributed by atoms with Crippen molar-refractivity contribution in [1.82, 2.24) is 0 Å². The van der Waals surface area contributed by atoms with Crippen molar-refractivity contribution in [3.63, 3.8) is 0 Å². The van der Waals surface area contributed by atoms with Gasteiger partial charge in [-0.25, -0.2) is 0 Å². The fourth-order valence-electron chi connectivity index (χ4n) is 1.28. The zero-order valence-corrected chi connectivity index (χ0v) is 7.70. The van der Waals surface area contributed by atoms with Crippen LogP contribution in [0.25, 0.3) is 0 Å². The molecule has 0 aliphatic carbocycles. The summed E-state index contributed by atoms with van der Waals surface area (Å²) in [6, 6.07) is 9.06. The fourth-order valence-corrected chi connectivity index (χ4v) is 1.28. The van der Waals surface area contributed by atoms with Gasteiger partial charge in [-0.1, -0.05) is 13.0 Å². The van der Waals surface area contributed by atoms with Gasteiger partial charge in [-0.15, -0.1) is 0 Å². The maximum atomic E-state index is 8.87.